The van der Waals surface area contributed by atoms with E-state index in [0.717, 1.165) is 17.3 Å². The van der Waals surface area contributed by atoms with Gasteiger partial charge in [0.25, 0.3) is 11.8 Å². The highest BCUT2D eigenvalue weighted by molar-refractivity contribution is 7.99. The van der Waals surface area contributed by atoms with Crippen LogP contribution in [0.1, 0.15) is 27.6 Å². The highest BCUT2D eigenvalue weighted by atomic mass is 35.5. The molecule has 1 aliphatic rings. The molecule has 2 heterocycles. The summed E-state index contributed by atoms with van der Waals surface area (Å²) in [5.74, 6) is -1.56. The third kappa shape index (κ3) is 3.69. The van der Waals surface area contributed by atoms with Crippen LogP contribution in [0.4, 0.5) is 0 Å². The standard InChI is InChI=1S/C20H15ClN4O4S/c1-2-24-17(12-7-9-13(21)10-8-12)22-23-20(24)30-11-16(26)29-25-18(27)14-5-3-4-6-15(14)19(25)28/h3-10H,2,11H2,1H3. The van der Waals surface area contributed by atoms with Crippen LogP contribution in [0.5, 0.6) is 0 Å². The second kappa shape index (κ2) is 8.29. The normalized spacial score (nSPS) is 12.9. The first-order valence-corrected chi connectivity index (χ1v) is 10.4. The lowest BCUT2D eigenvalue weighted by Gasteiger charge is -2.12. The maximum atomic E-state index is 12.3. The number of aromatic nitrogens is 3. The van der Waals surface area contributed by atoms with Crippen LogP contribution < -0.4 is 0 Å². The van der Waals surface area contributed by atoms with E-state index in [9.17, 15) is 14.4 Å². The molecule has 0 spiro atoms. The van der Waals surface area contributed by atoms with E-state index in [4.69, 9.17) is 16.4 Å². The van der Waals surface area contributed by atoms with E-state index in [1.165, 1.54) is 12.1 Å². The summed E-state index contributed by atoms with van der Waals surface area (Å²) in [7, 11) is 0. The van der Waals surface area contributed by atoms with Gasteiger partial charge in [0.05, 0.1) is 11.1 Å². The predicted octanol–water partition coefficient (Wildman–Crippen LogP) is 3.46. The molecule has 0 atom stereocenters. The minimum Gasteiger partial charge on any atom is -0.329 e. The van der Waals surface area contributed by atoms with Gasteiger partial charge in [0.2, 0.25) is 0 Å². The van der Waals surface area contributed by atoms with Crippen molar-refractivity contribution in [2.24, 2.45) is 0 Å². The molecule has 0 saturated heterocycles. The summed E-state index contributed by atoms with van der Waals surface area (Å²) in [5, 5.41) is 9.97. The Morgan fingerprint density at radius 3 is 2.27 bits per heavy atom. The molecule has 0 bridgehead atoms. The first-order chi connectivity index (χ1) is 14.5. The van der Waals surface area contributed by atoms with E-state index in [0.29, 0.717) is 27.6 Å². The Morgan fingerprint density at radius 1 is 1.03 bits per heavy atom. The molecule has 0 unspecified atom stereocenters. The van der Waals surface area contributed by atoms with Crippen LogP contribution in [0.25, 0.3) is 11.4 Å². The summed E-state index contributed by atoms with van der Waals surface area (Å²) in [6.07, 6.45) is 0. The smallest absolute Gasteiger partial charge is 0.329 e. The van der Waals surface area contributed by atoms with Crippen LogP contribution in [-0.2, 0) is 16.2 Å². The molecule has 0 radical (unpaired) electrons. The van der Waals surface area contributed by atoms with E-state index >= 15 is 0 Å². The number of thioether (sulfide) groups is 1. The first kappa shape index (κ1) is 20.1. The number of carbonyl (C=O) groups is 3. The van der Waals surface area contributed by atoms with Gasteiger partial charge in [-0.25, -0.2) is 4.79 Å². The monoisotopic (exact) mass is 442 g/mol. The molecule has 2 amide bonds. The summed E-state index contributed by atoms with van der Waals surface area (Å²) in [6.45, 7) is 2.52. The van der Waals surface area contributed by atoms with Gasteiger partial charge in [-0.15, -0.1) is 10.2 Å². The Morgan fingerprint density at radius 2 is 1.67 bits per heavy atom. The zero-order valence-electron chi connectivity index (χ0n) is 15.7. The van der Waals surface area contributed by atoms with E-state index in [1.54, 1.807) is 24.3 Å². The van der Waals surface area contributed by atoms with Crippen LogP contribution in [-0.4, -0.2) is 43.4 Å². The van der Waals surface area contributed by atoms with Gasteiger partial charge < -0.3 is 9.40 Å². The van der Waals surface area contributed by atoms with Crippen LogP contribution in [0.3, 0.4) is 0 Å². The molecule has 2 aromatic carbocycles. The number of nitrogens with zero attached hydrogens (tertiary/aromatic N) is 4. The number of rotatable bonds is 6. The second-order valence-corrected chi connectivity index (χ2v) is 7.64. The molecule has 0 N–H and O–H groups in total. The Bertz CT molecular complexity index is 1110. The number of fused-ring (bicyclic) bond motifs is 1. The van der Waals surface area contributed by atoms with E-state index in [1.807, 2.05) is 23.6 Å². The molecular weight excluding hydrogens is 428 g/mol. The summed E-state index contributed by atoms with van der Waals surface area (Å²) in [4.78, 5) is 41.9. The molecule has 30 heavy (non-hydrogen) atoms. The fourth-order valence-corrected chi connectivity index (χ4v) is 3.89. The molecular formula is C20H15ClN4O4S. The van der Waals surface area contributed by atoms with Gasteiger partial charge in [-0.1, -0.05) is 40.6 Å². The lowest BCUT2D eigenvalue weighted by Crippen LogP contribution is -2.33. The van der Waals surface area contributed by atoms with Crippen LogP contribution in [0.2, 0.25) is 5.02 Å². The van der Waals surface area contributed by atoms with E-state index < -0.39 is 17.8 Å². The quantitative estimate of drug-likeness (QED) is 0.426. The largest absolute Gasteiger partial charge is 0.343 e. The lowest BCUT2D eigenvalue weighted by molar-refractivity contribution is -0.165. The predicted molar refractivity (Wildman–Crippen MR) is 110 cm³/mol. The number of halogens is 1. The zero-order valence-corrected chi connectivity index (χ0v) is 17.3. The summed E-state index contributed by atoms with van der Waals surface area (Å²) in [5.41, 5.74) is 1.26. The number of carbonyl (C=O) groups excluding carboxylic acids is 3. The maximum Gasteiger partial charge on any atom is 0.343 e. The molecule has 152 valence electrons. The lowest BCUT2D eigenvalue weighted by atomic mass is 10.1. The average molecular weight is 443 g/mol. The molecule has 1 aromatic heterocycles. The van der Waals surface area contributed by atoms with Crippen molar-refractivity contribution < 1.29 is 19.2 Å². The number of amides is 2. The van der Waals surface area contributed by atoms with Crippen LogP contribution in [0, 0.1) is 0 Å². The van der Waals surface area contributed by atoms with Crippen molar-refractivity contribution in [3.8, 4) is 11.4 Å². The van der Waals surface area contributed by atoms with Gasteiger partial charge in [-0.05, 0) is 43.3 Å². The summed E-state index contributed by atoms with van der Waals surface area (Å²) < 4.78 is 1.85. The van der Waals surface area contributed by atoms with Crippen molar-refractivity contribution in [1.29, 1.82) is 0 Å². The number of imide groups is 1. The molecule has 3 aromatic rings. The van der Waals surface area contributed by atoms with Crippen molar-refractivity contribution >= 4 is 41.1 Å². The van der Waals surface area contributed by atoms with Crippen molar-refractivity contribution in [1.82, 2.24) is 19.8 Å². The molecule has 4 rings (SSSR count). The molecule has 0 fully saturated rings. The molecule has 0 saturated carbocycles. The summed E-state index contributed by atoms with van der Waals surface area (Å²) in [6, 6.07) is 13.5. The Balaban J connectivity index is 1.43. The molecule has 1 aliphatic heterocycles. The molecule has 10 heteroatoms. The van der Waals surface area contributed by atoms with Crippen molar-refractivity contribution in [3.63, 3.8) is 0 Å². The third-order valence-corrected chi connectivity index (χ3v) is 5.60. The summed E-state index contributed by atoms with van der Waals surface area (Å²) >= 11 is 7.04. The highest BCUT2D eigenvalue weighted by Gasteiger charge is 2.38. The van der Waals surface area contributed by atoms with Gasteiger partial charge in [0.1, 0.15) is 5.75 Å². The fraction of sp³-hybridized carbons (Fsp3) is 0.150. The zero-order chi connectivity index (χ0) is 21.3. The number of hydrogen-bond donors (Lipinski definition) is 0. The SMILES string of the molecule is CCn1c(SCC(=O)ON2C(=O)c3ccccc3C2=O)nnc1-c1ccc(Cl)cc1. The maximum absolute atomic E-state index is 12.3. The third-order valence-electron chi connectivity index (χ3n) is 4.40. The Kier molecular flexibility index (Phi) is 5.56. The van der Waals surface area contributed by atoms with Crippen molar-refractivity contribution in [3.05, 3.63) is 64.7 Å². The Hall–Kier alpha value is -3.17. The first-order valence-electron chi connectivity index (χ1n) is 9.00. The van der Waals surface area contributed by atoms with Crippen molar-refractivity contribution in [2.75, 3.05) is 5.75 Å². The highest BCUT2D eigenvalue weighted by Crippen LogP contribution is 2.26. The molecule has 0 aliphatic carbocycles. The minimum absolute atomic E-state index is 0.147. The minimum atomic E-state index is -0.742. The average Bonchev–Trinajstić information content (AvgIpc) is 3.27. The van der Waals surface area contributed by atoms with E-state index in [-0.39, 0.29) is 16.9 Å². The van der Waals surface area contributed by atoms with Crippen LogP contribution in [0.15, 0.2) is 53.7 Å². The van der Waals surface area contributed by atoms with Gasteiger partial charge >= 0.3 is 5.97 Å². The second-order valence-electron chi connectivity index (χ2n) is 6.26. The van der Waals surface area contributed by atoms with Gasteiger partial charge in [0, 0.05) is 17.1 Å². The van der Waals surface area contributed by atoms with Gasteiger partial charge in [0.15, 0.2) is 11.0 Å². The number of hydroxylamine groups is 2. The number of hydrogen-bond acceptors (Lipinski definition) is 7. The van der Waals surface area contributed by atoms with Gasteiger partial charge in [-0.2, -0.15) is 0 Å². The van der Waals surface area contributed by atoms with Gasteiger partial charge in [-0.3, -0.25) is 9.59 Å². The Labute approximate surface area is 180 Å². The number of benzene rings is 2. The van der Waals surface area contributed by atoms with Crippen molar-refractivity contribution in [2.45, 2.75) is 18.6 Å². The topological polar surface area (TPSA) is 94.4 Å². The van der Waals surface area contributed by atoms with E-state index in [2.05, 4.69) is 10.2 Å². The fourth-order valence-electron chi connectivity index (χ4n) is 2.99. The molecule has 8 nitrogen and oxygen atoms in total. The van der Waals surface area contributed by atoms with Crippen LogP contribution >= 0.6 is 23.4 Å².